The number of urea groups is 1. The van der Waals surface area contributed by atoms with Gasteiger partial charge in [0.05, 0.1) is 6.54 Å². The van der Waals surface area contributed by atoms with E-state index in [1.165, 1.54) is 0 Å². The molecule has 1 aromatic carbocycles. The first-order valence-electron chi connectivity index (χ1n) is 7.77. The molecule has 4 amide bonds. The molecule has 0 aromatic heterocycles. The lowest BCUT2D eigenvalue weighted by Gasteiger charge is -2.21. The fraction of sp³-hybridized carbons (Fsp3) is 0.438. The molecule has 1 aliphatic heterocycles. The summed E-state index contributed by atoms with van der Waals surface area (Å²) in [6, 6.07) is 5.91. The molecule has 24 heavy (non-hydrogen) atoms. The van der Waals surface area contributed by atoms with Crippen LogP contribution in [0.15, 0.2) is 24.3 Å². The smallest absolute Gasteiger partial charge is 0.322 e. The third-order valence-corrected chi connectivity index (χ3v) is 3.90. The van der Waals surface area contributed by atoms with E-state index in [0.717, 1.165) is 0 Å². The Hall–Kier alpha value is -2.28. The quantitative estimate of drug-likeness (QED) is 0.694. The number of nitrogens with zero attached hydrogens (tertiary/aromatic N) is 1. The molecule has 1 heterocycles. The SMILES string of the molecule is CCN(CCOc1cccc(Cl)c1)C(=O)CCC1NC(=O)NC1=O. The fourth-order valence-electron chi connectivity index (χ4n) is 2.38. The third-order valence-electron chi connectivity index (χ3n) is 3.67. The zero-order valence-electron chi connectivity index (χ0n) is 13.4. The molecule has 130 valence electrons. The lowest BCUT2D eigenvalue weighted by Crippen LogP contribution is -2.36. The van der Waals surface area contributed by atoms with E-state index in [0.29, 0.717) is 30.5 Å². The van der Waals surface area contributed by atoms with Crippen LogP contribution < -0.4 is 15.4 Å². The zero-order valence-corrected chi connectivity index (χ0v) is 14.1. The van der Waals surface area contributed by atoms with Crippen molar-refractivity contribution < 1.29 is 19.1 Å². The first-order valence-corrected chi connectivity index (χ1v) is 8.15. The molecule has 1 fully saturated rings. The fourth-order valence-corrected chi connectivity index (χ4v) is 2.56. The van der Waals surface area contributed by atoms with Gasteiger partial charge in [-0.15, -0.1) is 0 Å². The van der Waals surface area contributed by atoms with E-state index in [2.05, 4.69) is 10.6 Å². The number of hydrogen-bond acceptors (Lipinski definition) is 4. The average molecular weight is 354 g/mol. The molecule has 0 spiro atoms. The van der Waals surface area contributed by atoms with Crippen LogP contribution in [-0.2, 0) is 9.59 Å². The highest BCUT2D eigenvalue weighted by molar-refractivity contribution is 6.30. The summed E-state index contributed by atoms with van der Waals surface area (Å²) in [4.78, 5) is 36.3. The van der Waals surface area contributed by atoms with Crippen molar-refractivity contribution in [1.29, 1.82) is 0 Å². The molecule has 0 aliphatic carbocycles. The zero-order chi connectivity index (χ0) is 17.5. The summed E-state index contributed by atoms with van der Waals surface area (Å²) in [5.41, 5.74) is 0. The van der Waals surface area contributed by atoms with Gasteiger partial charge >= 0.3 is 6.03 Å². The standard InChI is InChI=1S/C16H20ClN3O4/c1-2-20(8-9-24-12-5-3-4-11(17)10-12)14(21)7-6-13-15(22)19-16(23)18-13/h3-5,10,13H,2,6-9H2,1H3,(H2,18,19,22,23). The Labute approximate surface area is 145 Å². The lowest BCUT2D eigenvalue weighted by molar-refractivity contribution is -0.131. The lowest BCUT2D eigenvalue weighted by atomic mass is 10.1. The van der Waals surface area contributed by atoms with Crippen molar-refractivity contribution >= 4 is 29.4 Å². The van der Waals surface area contributed by atoms with Crippen LogP contribution in [-0.4, -0.2) is 48.5 Å². The summed E-state index contributed by atoms with van der Waals surface area (Å²) in [7, 11) is 0. The van der Waals surface area contributed by atoms with Crippen molar-refractivity contribution in [3.8, 4) is 5.75 Å². The van der Waals surface area contributed by atoms with Gasteiger partial charge in [0, 0.05) is 18.0 Å². The number of rotatable bonds is 8. The molecular weight excluding hydrogens is 334 g/mol. The summed E-state index contributed by atoms with van der Waals surface area (Å²) >= 11 is 5.88. The van der Waals surface area contributed by atoms with E-state index in [4.69, 9.17) is 16.3 Å². The van der Waals surface area contributed by atoms with Crippen LogP contribution in [0.4, 0.5) is 4.79 Å². The maximum Gasteiger partial charge on any atom is 0.322 e. The van der Waals surface area contributed by atoms with Gasteiger partial charge in [-0.05, 0) is 31.5 Å². The first-order chi connectivity index (χ1) is 11.5. The number of benzene rings is 1. The third kappa shape index (κ3) is 5.13. The summed E-state index contributed by atoms with van der Waals surface area (Å²) < 4.78 is 5.58. The van der Waals surface area contributed by atoms with Gasteiger partial charge in [0.15, 0.2) is 0 Å². The molecule has 2 N–H and O–H groups in total. The molecule has 2 rings (SSSR count). The topological polar surface area (TPSA) is 87.7 Å². The normalized spacial score (nSPS) is 16.5. The molecular formula is C16H20ClN3O4. The number of likely N-dealkylation sites (N-methyl/N-ethyl adjacent to an activating group) is 1. The van der Waals surface area contributed by atoms with E-state index in [9.17, 15) is 14.4 Å². The van der Waals surface area contributed by atoms with E-state index < -0.39 is 12.1 Å². The predicted molar refractivity (Wildman–Crippen MR) is 88.9 cm³/mol. The number of halogens is 1. The Kier molecular flexibility index (Phi) is 6.43. The molecule has 1 aromatic rings. The summed E-state index contributed by atoms with van der Waals surface area (Å²) in [6.07, 6.45) is 0.464. The van der Waals surface area contributed by atoms with Gasteiger partial charge in [-0.1, -0.05) is 17.7 Å². The highest BCUT2D eigenvalue weighted by atomic mass is 35.5. The summed E-state index contributed by atoms with van der Waals surface area (Å²) in [6.45, 7) is 3.20. The molecule has 1 aliphatic rings. The highest BCUT2D eigenvalue weighted by Gasteiger charge is 2.29. The van der Waals surface area contributed by atoms with Crippen molar-refractivity contribution in [2.75, 3.05) is 19.7 Å². The maximum absolute atomic E-state index is 12.2. The van der Waals surface area contributed by atoms with Crippen LogP contribution in [0.5, 0.6) is 5.75 Å². The molecule has 1 saturated heterocycles. The van der Waals surface area contributed by atoms with Crippen molar-refractivity contribution in [1.82, 2.24) is 15.5 Å². The van der Waals surface area contributed by atoms with Gasteiger partial charge in [-0.25, -0.2) is 4.79 Å². The van der Waals surface area contributed by atoms with Crippen LogP contribution in [0.2, 0.25) is 5.02 Å². The number of hydrogen-bond donors (Lipinski definition) is 2. The van der Waals surface area contributed by atoms with Gasteiger partial charge in [0.2, 0.25) is 5.91 Å². The first kappa shape index (κ1) is 18.1. The van der Waals surface area contributed by atoms with Crippen molar-refractivity contribution in [3.63, 3.8) is 0 Å². The van der Waals surface area contributed by atoms with Crippen LogP contribution in [0.1, 0.15) is 19.8 Å². The van der Waals surface area contributed by atoms with Crippen LogP contribution in [0.3, 0.4) is 0 Å². The maximum atomic E-state index is 12.2. The number of nitrogens with one attached hydrogen (secondary N) is 2. The van der Waals surface area contributed by atoms with Gasteiger partial charge in [0.25, 0.3) is 5.91 Å². The number of imide groups is 1. The predicted octanol–water partition coefficient (Wildman–Crippen LogP) is 1.56. The van der Waals surface area contributed by atoms with Gasteiger partial charge < -0.3 is 15.0 Å². The molecule has 0 bridgehead atoms. The van der Waals surface area contributed by atoms with E-state index in [1.807, 2.05) is 6.92 Å². The number of ether oxygens (including phenoxy) is 1. The second kappa shape index (κ2) is 8.54. The monoisotopic (exact) mass is 353 g/mol. The minimum absolute atomic E-state index is 0.0823. The van der Waals surface area contributed by atoms with Gasteiger partial charge in [-0.2, -0.15) is 0 Å². The highest BCUT2D eigenvalue weighted by Crippen LogP contribution is 2.17. The summed E-state index contributed by atoms with van der Waals surface area (Å²) in [5.74, 6) is 0.178. The van der Waals surface area contributed by atoms with Crippen molar-refractivity contribution in [3.05, 3.63) is 29.3 Å². The molecule has 7 nitrogen and oxygen atoms in total. The van der Waals surface area contributed by atoms with Gasteiger partial charge in [0.1, 0.15) is 18.4 Å². The van der Waals surface area contributed by atoms with E-state index in [-0.39, 0.29) is 24.7 Å². The minimum Gasteiger partial charge on any atom is -0.492 e. The van der Waals surface area contributed by atoms with Crippen LogP contribution >= 0.6 is 11.6 Å². The molecule has 0 radical (unpaired) electrons. The van der Waals surface area contributed by atoms with Gasteiger partial charge in [-0.3, -0.25) is 14.9 Å². The Bertz CT molecular complexity index is 623. The van der Waals surface area contributed by atoms with E-state index in [1.54, 1.807) is 29.2 Å². The van der Waals surface area contributed by atoms with Crippen LogP contribution in [0.25, 0.3) is 0 Å². The van der Waals surface area contributed by atoms with Crippen molar-refractivity contribution in [2.45, 2.75) is 25.8 Å². The molecule has 8 heteroatoms. The van der Waals surface area contributed by atoms with Crippen LogP contribution in [0, 0.1) is 0 Å². The Morgan fingerprint density at radius 3 is 2.79 bits per heavy atom. The van der Waals surface area contributed by atoms with Crippen molar-refractivity contribution in [2.24, 2.45) is 0 Å². The number of amides is 4. The Balaban J connectivity index is 1.75. The summed E-state index contributed by atoms with van der Waals surface area (Å²) in [5, 5.41) is 5.22. The average Bonchev–Trinajstić information content (AvgIpc) is 2.87. The number of carbonyl (C=O) groups is 3. The largest absolute Gasteiger partial charge is 0.492 e. The molecule has 0 saturated carbocycles. The Morgan fingerprint density at radius 2 is 2.17 bits per heavy atom. The minimum atomic E-state index is -0.636. The second-order valence-electron chi connectivity index (χ2n) is 5.33. The number of carbonyl (C=O) groups excluding carboxylic acids is 3. The molecule has 1 unspecified atom stereocenters. The Morgan fingerprint density at radius 1 is 1.38 bits per heavy atom. The van der Waals surface area contributed by atoms with E-state index >= 15 is 0 Å². The molecule has 1 atom stereocenters. The second-order valence-corrected chi connectivity index (χ2v) is 5.77.